The Balaban J connectivity index is 1.77. The number of carbonyl (C=O) groups excluding carboxylic acids is 1. The maximum absolute atomic E-state index is 12.9. The van der Waals surface area contributed by atoms with Gasteiger partial charge in [-0.05, 0) is 42.0 Å². The second kappa shape index (κ2) is 8.20. The van der Waals surface area contributed by atoms with Crippen LogP contribution >= 0.6 is 15.9 Å². The van der Waals surface area contributed by atoms with E-state index in [4.69, 9.17) is 13.9 Å². The molecule has 0 aliphatic carbocycles. The summed E-state index contributed by atoms with van der Waals surface area (Å²) in [5.74, 6) is 1.37. The maximum Gasteiger partial charge on any atom is 0.247 e. The van der Waals surface area contributed by atoms with Crippen LogP contribution in [0.15, 0.2) is 63.5 Å². The van der Waals surface area contributed by atoms with Crippen molar-refractivity contribution in [3.63, 3.8) is 0 Å². The number of nitrogens with zero attached hydrogens (tertiary/aromatic N) is 1. The summed E-state index contributed by atoms with van der Waals surface area (Å²) in [5, 5.41) is 0.975. The Bertz CT molecular complexity index is 1020. The molecule has 0 unspecified atom stereocenters. The van der Waals surface area contributed by atoms with E-state index in [2.05, 4.69) is 15.9 Å². The molecule has 1 aliphatic rings. The minimum Gasteiger partial charge on any atom is -0.497 e. The van der Waals surface area contributed by atoms with Crippen LogP contribution in [0.2, 0.25) is 0 Å². The molecule has 1 fully saturated rings. The van der Waals surface area contributed by atoms with Crippen molar-refractivity contribution in [3.8, 4) is 5.75 Å². The molecule has 0 N–H and O–H groups in total. The summed E-state index contributed by atoms with van der Waals surface area (Å²) in [4.78, 5) is 14.7. The summed E-state index contributed by atoms with van der Waals surface area (Å²) >= 11 is 3.49. The number of rotatable bonds is 4. The molecule has 2 heterocycles. The molecule has 1 aromatic heterocycles. The van der Waals surface area contributed by atoms with Crippen LogP contribution in [0.1, 0.15) is 11.3 Å². The minimum atomic E-state index is -0.0456. The zero-order valence-electron chi connectivity index (χ0n) is 15.5. The molecule has 1 amide bonds. The molecule has 0 spiro atoms. The van der Waals surface area contributed by atoms with Crippen molar-refractivity contribution in [2.75, 3.05) is 33.4 Å². The Kier molecular flexibility index (Phi) is 5.50. The van der Waals surface area contributed by atoms with Crippen LogP contribution in [0.4, 0.5) is 0 Å². The van der Waals surface area contributed by atoms with Crippen molar-refractivity contribution in [1.82, 2.24) is 4.90 Å². The molecule has 3 aromatic rings. The number of hydrogen-bond donors (Lipinski definition) is 0. The molecule has 6 heteroatoms. The van der Waals surface area contributed by atoms with E-state index in [1.165, 1.54) is 0 Å². The van der Waals surface area contributed by atoms with Gasteiger partial charge in [0.1, 0.15) is 17.1 Å². The average molecular weight is 442 g/mol. The SMILES string of the molecule is COc1ccc(C(=CC(=O)N2CCOCC2)c2cc3cc(Br)ccc3o2)cc1. The van der Waals surface area contributed by atoms with Gasteiger partial charge in [-0.2, -0.15) is 0 Å². The number of halogens is 1. The lowest BCUT2D eigenvalue weighted by Crippen LogP contribution is -2.39. The lowest BCUT2D eigenvalue weighted by molar-refractivity contribution is -0.129. The van der Waals surface area contributed by atoms with Gasteiger partial charge in [-0.1, -0.05) is 28.1 Å². The Morgan fingerprint density at radius 2 is 1.86 bits per heavy atom. The van der Waals surface area contributed by atoms with Crippen LogP contribution in [0.3, 0.4) is 0 Å². The molecule has 1 saturated heterocycles. The van der Waals surface area contributed by atoms with E-state index in [1.807, 2.05) is 48.5 Å². The summed E-state index contributed by atoms with van der Waals surface area (Å²) < 4.78 is 17.7. The van der Waals surface area contributed by atoms with E-state index in [1.54, 1.807) is 18.1 Å². The molecule has 2 aromatic carbocycles. The van der Waals surface area contributed by atoms with E-state index in [0.717, 1.165) is 32.3 Å². The van der Waals surface area contributed by atoms with E-state index in [-0.39, 0.29) is 5.91 Å². The first-order valence-electron chi connectivity index (χ1n) is 9.06. The number of amides is 1. The van der Waals surface area contributed by atoms with Crippen molar-refractivity contribution in [1.29, 1.82) is 0 Å². The molecular formula is C22H20BrNO4. The van der Waals surface area contributed by atoms with Gasteiger partial charge in [-0.3, -0.25) is 4.79 Å². The smallest absolute Gasteiger partial charge is 0.247 e. The number of ether oxygens (including phenoxy) is 2. The van der Waals surface area contributed by atoms with Gasteiger partial charge in [0.25, 0.3) is 0 Å². The fourth-order valence-electron chi connectivity index (χ4n) is 3.21. The van der Waals surface area contributed by atoms with Crippen LogP contribution in [0.5, 0.6) is 5.75 Å². The molecule has 4 rings (SSSR count). The van der Waals surface area contributed by atoms with Gasteiger partial charge in [-0.25, -0.2) is 0 Å². The quantitative estimate of drug-likeness (QED) is 0.559. The lowest BCUT2D eigenvalue weighted by atomic mass is 10.0. The molecule has 1 aliphatic heterocycles. The van der Waals surface area contributed by atoms with Crippen molar-refractivity contribution in [2.24, 2.45) is 0 Å². The van der Waals surface area contributed by atoms with Crippen LogP contribution < -0.4 is 4.74 Å². The van der Waals surface area contributed by atoms with Crippen LogP contribution in [0.25, 0.3) is 16.5 Å². The average Bonchev–Trinajstić information content (AvgIpc) is 3.15. The van der Waals surface area contributed by atoms with Gasteiger partial charge in [0, 0.05) is 34.6 Å². The van der Waals surface area contributed by atoms with Crippen molar-refractivity contribution < 1.29 is 18.7 Å². The third-order valence-corrected chi connectivity index (χ3v) is 5.23. The first-order chi connectivity index (χ1) is 13.6. The van der Waals surface area contributed by atoms with Crippen molar-refractivity contribution >= 4 is 38.4 Å². The Morgan fingerprint density at radius 1 is 1.11 bits per heavy atom. The molecule has 144 valence electrons. The molecule has 28 heavy (non-hydrogen) atoms. The summed E-state index contributed by atoms with van der Waals surface area (Å²) in [5.41, 5.74) is 2.41. The number of methoxy groups -OCH3 is 1. The van der Waals surface area contributed by atoms with Gasteiger partial charge < -0.3 is 18.8 Å². The molecule has 0 atom stereocenters. The molecule has 0 saturated carbocycles. The van der Waals surface area contributed by atoms with Gasteiger partial charge >= 0.3 is 0 Å². The highest BCUT2D eigenvalue weighted by molar-refractivity contribution is 9.10. The number of morpholine rings is 1. The van der Waals surface area contributed by atoms with E-state index in [0.29, 0.717) is 32.1 Å². The van der Waals surface area contributed by atoms with Gasteiger partial charge in [0.2, 0.25) is 5.91 Å². The molecule has 0 bridgehead atoms. The second-order valence-electron chi connectivity index (χ2n) is 6.52. The summed E-state index contributed by atoms with van der Waals surface area (Å²) in [6.45, 7) is 2.32. The number of carbonyl (C=O) groups is 1. The monoisotopic (exact) mass is 441 g/mol. The van der Waals surface area contributed by atoms with Crippen LogP contribution in [-0.4, -0.2) is 44.2 Å². The number of fused-ring (bicyclic) bond motifs is 1. The highest BCUT2D eigenvalue weighted by Gasteiger charge is 2.19. The van der Waals surface area contributed by atoms with E-state index >= 15 is 0 Å². The normalized spacial score (nSPS) is 15.1. The highest BCUT2D eigenvalue weighted by atomic mass is 79.9. The highest BCUT2D eigenvalue weighted by Crippen LogP contribution is 2.31. The Labute approximate surface area is 171 Å². The first kappa shape index (κ1) is 18.8. The number of hydrogen-bond acceptors (Lipinski definition) is 4. The third kappa shape index (κ3) is 3.98. The number of furan rings is 1. The molecule has 0 radical (unpaired) electrons. The maximum atomic E-state index is 12.9. The Morgan fingerprint density at radius 3 is 2.57 bits per heavy atom. The molecule has 5 nitrogen and oxygen atoms in total. The van der Waals surface area contributed by atoms with Gasteiger partial charge in [0.05, 0.1) is 20.3 Å². The zero-order chi connectivity index (χ0) is 19.5. The topological polar surface area (TPSA) is 51.9 Å². The molecular weight excluding hydrogens is 422 g/mol. The third-order valence-electron chi connectivity index (χ3n) is 4.74. The van der Waals surface area contributed by atoms with Crippen LogP contribution in [0, 0.1) is 0 Å². The summed E-state index contributed by atoms with van der Waals surface area (Å²) in [6, 6.07) is 15.4. The van der Waals surface area contributed by atoms with Crippen LogP contribution in [-0.2, 0) is 9.53 Å². The van der Waals surface area contributed by atoms with Crippen molar-refractivity contribution in [2.45, 2.75) is 0 Å². The van der Waals surface area contributed by atoms with E-state index < -0.39 is 0 Å². The minimum absolute atomic E-state index is 0.0456. The van der Waals surface area contributed by atoms with Gasteiger partial charge in [0.15, 0.2) is 0 Å². The predicted octanol–water partition coefficient (Wildman–Crippen LogP) is 4.49. The van der Waals surface area contributed by atoms with E-state index in [9.17, 15) is 4.79 Å². The van der Waals surface area contributed by atoms with Crippen molar-refractivity contribution in [3.05, 3.63) is 70.4 Å². The second-order valence-corrected chi connectivity index (χ2v) is 7.43. The fraction of sp³-hybridized carbons (Fsp3) is 0.227. The summed E-state index contributed by atoms with van der Waals surface area (Å²) in [6.07, 6.45) is 1.65. The first-order valence-corrected chi connectivity index (χ1v) is 9.85. The summed E-state index contributed by atoms with van der Waals surface area (Å²) in [7, 11) is 1.63. The zero-order valence-corrected chi connectivity index (χ0v) is 17.1. The Hall–Kier alpha value is -2.57. The lowest BCUT2D eigenvalue weighted by Gasteiger charge is -2.26. The largest absolute Gasteiger partial charge is 0.497 e. The van der Waals surface area contributed by atoms with Gasteiger partial charge in [-0.15, -0.1) is 0 Å². The standard InChI is InChI=1S/C22H20BrNO4/c1-26-18-5-2-15(3-6-18)19(14-22(25)24-8-10-27-11-9-24)21-13-16-12-17(23)4-7-20(16)28-21/h2-7,12-14H,8-11H2,1H3. The number of benzene rings is 2. The fourth-order valence-corrected chi connectivity index (χ4v) is 3.59. The predicted molar refractivity (Wildman–Crippen MR) is 111 cm³/mol.